The minimum atomic E-state index is -0.0598. The molecule has 0 saturated heterocycles. The van der Waals surface area contributed by atoms with E-state index >= 15 is 0 Å². The fourth-order valence-corrected chi connectivity index (χ4v) is 2.73. The fourth-order valence-electron chi connectivity index (χ4n) is 2.03. The summed E-state index contributed by atoms with van der Waals surface area (Å²) in [6, 6.07) is 1.65. The van der Waals surface area contributed by atoms with Crippen molar-refractivity contribution >= 4 is 29.1 Å². The van der Waals surface area contributed by atoms with Gasteiger partial charge in [0.05, 0.1) is 10.6 Å². The molecule has 1 aliphatic carbocycles. The third kappa shape index (κ3) is 2.90. The normalized spacial score (nSPS) is 23.0. The number of hydrogen-bond donors (Lipinski definition) is 0. The molecule has 1 amide bonds. The average molecular weight is 273 g/mol. The van der Waals surface area contributed by atoms with Gasteiger partial charge in [0.15, 0.2) is 0 Å². The molecule has 0 unspecified atom stereocenters. The van der Waals surface area contributed by atoms with Crippen molar-refractivity contribution in [3.8, 4) is 0 Å². The van der Waals surface area contributed by atoms with E-state index in [0.29, 0.717) is 16.5 Å². The number of alkyl halides is 1. The average Bonchev–Trinajstić information content (AvgIpc) is 2.26. The lowest BCUT2D eigenvalue weighted by Gasteiger charge is -2.34. The SMILES string of the molecule is CN(CC1CC(Cl)C1)C(=O)c1ccncc1Cl. The number of rotatable bonds is 3. The number of carbonyl (C=O) groups is 1. The number of halogens is 2. The summed E-state index contributed by atoms with van der Waals surface area (Å²) in [6.07, 6.45) is 5.04. The number of hydrogen-bond acceptors (Lipinski definition) is 2. The number of aromatic nitrogens is 1. The molecule has 0 bridgehead atoms. The third-order valence-corrected chi connectivity index (χ3v) is 3.72. The molecule has 0 spiro atoms. The molecule has 1 saturated carbocycles. The highest BCUT2D eigenvalue weighted by Gasteiger charge is 2.29. The molecule has 2 rings (SSSR count). The Balaban J connectivity index is 1.97. The Morgan fingerprint density at radius 1 is 1.59 bits per heavy atom. The fraction of sp³-hybridized carbons (Fsp3) is 0.500. The summed E-state index contributed by atoms with van der Waals surface area (Å²) in [5, 5.41) is 0.682. The van der Waals surface area contributed by atoms with Gasteiger partial charge in [-0.1, -0.05) is 11.6 Å². The molecule has 0 aliphatic heterocycles. The Labute approximate surface area is 111 Å². The van der Waals surface area contributed by atoms with Crippen molar-refractivity contribution in [1.29, 1.82) is 0 Å². The predicted octanol–water partition coefficient (Wildman–Crippen LogP) is 2.82. The molecule has 1 aromatic heterocycles. The summed E-state index contributed by atoms with van der Waals surface area (Å²) in [5.74, 6) is 0.461. The van der Waals surface area contributed by atoms with Crippen LogP contribution in [0.4, 0.5) is 0 Å². The lowest BCUT2D eigenvalue weighted by molar-refractivity contribution is 0.0747. The lowest BCUT2D eigenvalue weighted by Crippen LogP contribution is -2.38. The van der Waals surface area contributed by atoms with Crippen LogP contribution in [0.1, 0.15) is 23.2 Å². The van der Waals surface area contributed by atoms with E-state index in [0.717, 1.165) is 19.4 Å². The van der Waals surface area contributed by atoms with Crippen LogP contribution in [0.25, 0.3) is 0 Å². The van der Waals surface area contributed by atoms with Gasteiger partial charge in [-0.05, 0) is 24.8 Å². The largest absolute Gasteiger partial charge is 0.341 e. The molecular formula is C12H14Cl2N2O. The van der Waals surface area contributed by atoms with Crippen LogP contribution in [0.2, 0.25) is 5.02 Å². The van der Waals surface area contributed by atoms with Crippen molar-refractivity contribution in [3.05, 3.63) is 29.0 Å². The first-order valence-corrected chi connectivity index (χ1v) is 6.38. The maximum Gasteiger partial charge on any atom is 0.255 e. The van der Waals surface area contributed by atoms with Crippen LogP contribution >= 0.6 is 23.2 Å². The first-order valence-electron chi connectivity index (χ1n) is 5.57. The molecule has 92 valence electrons. The number of amides is 1. The highest BCUT2D eigenvalue weighted by Crippen LogP contribution is 2.32. The zero-order valence-corrected chi connectivity index (χ0v) is 11.1. The molecule has 5 heteroatoms. The molecule has 1 aliphatic rings. The van der Waals surface area contributed by atoms with E-state index in [-0.39, 0.29) is 11.3 Å². The van der Waals surface area contributed by atoms with Crippen LogP contribution in [-0.4, -0.2) is 34.8 Å². The van der Waals surface area contributed by atoms with Crippen molar-refractivity contribution in [2.45, 2.75) is 18.2 Å². The van der Waals surface area contributed by atoms with Gasteiger partial charge in [0, 0.05) is 31.4 Å². The van der Waals surface area contributed by atoms with Crippen LogP contribution in [0.3, 0.4) is 0 Å². The minimum Gasteiger partial charge on any atom is -0.341 e. The van der Waals surface area contributed by atoms with E-state index in [1.165, 1.54) is 6.20 Å². The number of carbonyl (C=O) groups excluding carboxylic acids is 1. The van der Waals surface area contributed by atoms with Crippen molar-refractivity contribution in [2.24, 2.45) is 5.92 Å². The van der Waals surface area contributed by atoms with Gasteiger partial charge in [-0.2, -0.15) is 0 Å². The smallest absolute Gasteiger partial charge is 0.255 e. The van der Waals surface area contributed by atoms with Crippen LogP contribution < -0.4 is 0 Å². The van der Waals surface area contributed by atoms with E-state index < -0.39 is 0 Å². The summed E-state index contributed by atoms with van der Waals surface area (Å²) in [6.45, 7) is 0.737. The maximum absolute atomic E-state index is 12.1. The van der Waals surface area contributed by atoms with Gasteiger partial charge in [0.1, 0.15) is 0 Å². The Kier molecular flexibility index (Phi) is 3.89. The van der Waals surface area contributed by atoms with Crippen molar-refractivity contribution in [1.82, 2.24) is 9.88 Å². The van der Waals surface area contributed by atoms with Crippen LogP contribution in [0, 0.1) is 5.92 Å². The van der Waals surface area contributed by atoms with Gasteiger partial charge in [-0.25, -0.2) is 0 Å². The second-order valence-electron chi connectivity index (χ2n) is 4.48. The zero-order valence-electron chi connectivity index (χ0n) is 9.57. The Hall–Kier alpha value is -0.800. The standard InChI is InChI=1S/C12H14Cl2N2O/c1-16(7-8-4-9(13)5-8)12(17)10-2-3-15-6-11(10)14/h2-3,6,8-9H,4-5,7H2,1H3. The maximum atomic E-state index is 12.1. The van der Waals surface area contributed by atoms with E-state index in [1.54, 1.807) is 24.2 Å². The summed E-state index contributed by atoms with van der Waals surface area (Å²) in [7, 11) is 1.79. The van der Waals surface area contributed by atoms with Crippen molar-refractivity contribution in [3.63, 3.8) is 0 Å². The molecule has 0 atom stereocenters. The van der Waals surface area contributed by atoms with Crippen molar-refractivity contribution in [2.75, 3.05) is 13.6 Å². The Morgan fingerprint density at radius 3 is 2.88 bits per heavy atom. The molecule has 0 radical (unpaired) electrons. The van der Waals surface area contributed by atoms with Gasteiger partial charge in [-0.3, -0.25) is 9.78 Å². The molecule has 1 aromatic rings. The Bertz CT molecular complexity index is 419. The van der Waals surface area contributed by atoms with Crippen LogP contribution in [-0.2, 0) is 0 Å². The minimum absolute atomic E-state index is 0.0598. The summed E-state index contributed by atoms with van der Waals surface area (Å²) in [5.41, 5.74) is 0.505. The molecule has 1 fully saturated rings. The first-order chi connectivity index (χ1) is 8.08. The molecular weight excluding hydrogens is 259 g/mol. The van der Waals surface area contributed by atoms with Gasteiger partial charge >= 0.3 is 0 Å². The molecule has 17 heavy (non-hydrogen) atoms. The summed E-state index contributed by atoms with van der Waals surface area (Å²) >= 11 is 11.9. The molecule has 0 aromatic carbocycles. The second kappa shape index (κ2) is 5.23. The van der Waals surface area contributed by atoms with E-state index in [1.807, 2.05) is 0 Å². The van der Waals surface area contributed by atoms with Crippen LogP contribution in [0.5, 0.6) is 0 Å². The van der Waals surface area contributed by atoms with Crippen molar-refractivity contribution < 1.29 is 4.79 Å². The number of pyridine rings is 1. The van der Waals surface area contributed by atoms with Gasteiger partial charge < -0.3 is 4.90 Å². The van der Waals surface area contributed by atoms with Crippen LogP contribution in [0.15, 0.2) is 18.5 Å². The molecule has 0 N–H and O–H groups in total. The highest BCUT2D eigenvalue weighted by molar-refractivity contribution is 6.33. The third-order valence-electron chi connectivity index (χ3n) is 3.06. The topological polar surface area (TPSA) is 33.2 Å². The quantitative estimate of drug-likeness (QED) is 0.793. The first kappa shape index (κ1) is 12.7. The summed E-state index contributed by atoms with van der Waals surface area (Å²) in [4.78, 5) is 17.7. The monoisotopic (exact) mass is 272 g/mol. The molecule has 3 nitrogen and oxygen atoms in total. The second-order valence-corrected chi connectivity index (χ2v) is 5.50. The highest BCUT2D eigenvalue weighted by atomic mass is 35.5. The molecule has 1 heterocycles. The van der Waals surface area contributed by atoms with E-state index in [2.05, 4.69) is 4.98 Å². The van der Waals surface area contributed by atoms with Gasteiger partial charge in [0.25, 0.3) is 5.91 Å². The van der Waals surface area contributed by atoms with Gasteiger partial charge in [0.2, 0.25) is 0 Å². The lowest BCUT2D eigenvalue weighted by atomic mass is 9.84. The number of nitrogens with zero attached hydrogens (tertiary/aromatic N) is 2. The Morgan fingerprint density at radius 2 is 2.29 bits per heavy atom. The van der Waals surface area contributed by atoms with E-state index in [4.69, 9.17) is 23.2 Å². The van der Waals surface area contributed by atoms with Gasteiger partial charge in [-0.15, -0.1) is 11.6 Å². The zero-order chi connectivity index (χ0) is 12.4. The van der Waals surface area contributed by atoms with E-state index in [9.17, 15) is 4.79 Å². The predicted molar refractivity (Wildman–Crippen MR) is 68.6 cm³/mol. The summed E-state index contributed by atoms with van der Waals surface area (Å²) < 4.78 is 0.